The van der Waals surface area contributed by atoms with E-state index in [4.69, 9.17) is 22.7 Å². The van der Waals surface area contributed by atoms with Crippen molar-refractivity contribution >= 4 is 17.6 Å². The number of aryl methyl sites for hydroxylation is 1. The number of aromatic nitrogens is 1. The van der Waals surface area contributed by atoms with Crippen LogP contribution in [0.25, 0.3) is 11.5 Å². The number of nitrogens with zero attached hydrogens (tertiary/aromatic N) is 2. The number of hydrogen-bond donors (Lipinski definition) is 0. The first kappa shape index (κ1) is 20.6. The molecule has 33 heavy (non-hydrogen) atoms. The molecule has 1 aromatic carbocycles. The Morgan fingerprint density at radius 2 is 2.00 bits per heavy atom. The molecule has 0 N–H and O–H groups in total. The van der Waals surface area contributed by atoms with Crippen molar-refractivity contribution in [1.82, 2.24) is 4.98 Å². The average Bonchev–Trinajstić information content (AvgIpc) is 3.62. The van der Waals surface area contributed by atoms with Crippen molar-refractivity contribution in [2.24, 2.45) is 0 Å². The van der Waals surface area contributed by atoms with Gasteiger partial charge in [-0.2, -0.15) is 0 Å². The molecule has 0 fully saturated rings. The molecular formula is C24H20N2O7. The first-order valence-corrected chi connectivity index (χ1v) is 10.4. The number of oxazole rings is 1. The fraction of sp³-hybridized carbons (Fsp3) is 0.208. The highest BCUT2D eigenvalue weighted by Gasteiger charge is 2.31. The van der Waals surface area contributed by atoms with E-state index in [9.17, 15) is 9.59 Å². The second kappa shape index (κ2) is 8.70. The van der Waals surface area contributed by atoms with E-state index in [0.717, 1.165) is 18.4 Å². The van der Waals surface area contributed by atoms with Crippen LogP contribution in [0.3, 0.4) is 0 Å². The monoisotopic (exact) mass is 448 g/mol. The molecule has 0 saturated heterocycles. The Balaban J connectivity index is 1.46. The molecule has 0 spiro atoms. The summed E-state index contributed by atoms with van der Waals surface area (Å²) < 4.78 is 27.0. The second-order valence-electron chi connectivity index (χ2n) is 7.37. The van der Waals surface area contributed by atoms with E-state index in [-0.39, 0.29) is 24.0 Å². The van der Waals surface area contributed by atoms with Crippen molar-refractivity contribution in [2.75, 3.05) is 18.6 Å². The number of carbonyl (C=O) groups is 2. The highest BCUT2D eigenvalue weighted by molar-refractivity contribution is 6.09. The molecule has 5 rings (SSSR count). The molecule has 1 aliphatic heterocycles. The van der Waals surface area contributed by atoms with Gasteiger partial charge in [0.1, 0.15) is 17.9 Å². The minimum Gasteiger partial charge on any atom is -0.483 e. The molecule has 0 bridgehead atoms. The minimum absolute atomic E-state index is 0.00246. The molecule has 9 heteroatoms. The van der Waals surface area contributed by atoms with E-state index in [1.807, 2.05) is 12.1 Å². The molecule has 9 nitrogen and oxygen atoms in total. The molecular weight excluding hydrogens is 428 g/mol. The maximum atomic E-state index is 13.5. The zero-order valence-electron chi connectivity index (χ0n) is 17.8. The lowest BCUT2D eigenvalue weighted by Gasteiger charge is -2.30. The summed E-state index contributed by atoms with van der Waals surface area (Å²) in [6.07, 6.45) is 5.73. The van der Waals surface area contributed by atoms with Crippen molar-refractivity contribution in [1.29, 1.82) is 0 Å². The summed E-state index contributed by atoms with van der Waals surface area (Å²) in [5.41, 5.74) is 2.09. The minimum atomic E-state index is -0.509. The van der Waals surface area contributed by atoms with Gasteiger partial charge in [-0.05, 0) is 42.7 Å². The number of esters is 1. The van der Waals surface area contributed by atoms with Gasteiger partial charge in [-0.3, -0.25) is 4.79 Å². The molecule has 0 radical (unpaired) electrons. The molecule has 0 unspecified atom stereocenters. The average molecular weight is 448 g/mol. The Kier molecular flexibility index (Phi) is 5.43. The lowest BCUT2D eigenvalue weighted by Crippen LogP contribution is -2.36. The number of methoxy groups -OCH3 is 1. The van der Waals surface area contributed by atoms with Crippen LogP contribution in [0.5, 0.6) is 5.75 Å². The highest BCUT2D eigenvalue weighted by atomic mass is 16.5. The summed E-state index contributed by atoms with van der Waals surface area (Å²) >= 11 is 0. The summed E-state index contributed by atoms with van der Waals surface area (Å²) in [6, 6.07) is 10.6. The lowest BCUT2D eigenvalue weighted by atomic mass is 10.0. The van der Waals surface area contributed by atoms with Crippen LogP contribution < -0.4 is 9.64 Å². The van der Waals surface area contributed by atoms with E-state index in [2.05, 4.69) is 4.98 Å². The van der Waals surface area contributed by atoms with Gasteiger partial charge in [0.25, 0.3) is 5.91 Å². The van der Waals surface area contributed by atoms with E-state index >= 15 is 0 Å². The summed E-state index contributed by atoms with van der Waals surface area (Å²) in [4.78, 5) is 31.3. The second-order valence-corrected chi connectivity index (χ2v) is 7.37. The molecule has 4 aromatic rings. The van der Waals surface area contributed by atoms with Crippen LogP contribution in [-0.4, -0.2) is 30.5 Å². The van der Waals surface area contributed by atoms with Crippen molar-refractivity contribution in [3.63, 3.8) is 0 Å². The smallest absolute Gasteiger partial charge is 0.341 e. The van der Waals surface area contributed by atoms with Crippen LogP contribution in [0.1, 0.15) is 38.6 Å². The predicted octanol–water partition coefficient (Wildman–Crippen LogP) is 4.49. The van der Waals surface area contributed by atoms with Gasteiger partial charge in [0.2, 0.25) is 5.76 Å². The van der Waals surface area contributed by atoms with Crippen LogP contribution in [0.4, 0.5) is 5.69 Å². The molecule has 3 aromatic heterocycles. The van der Waals surface area contributed by atoms with Gasteiger partial charge in [0, 0.05) is 6.54 Å². The van der Waals surface area contributed by atoms with Crippen LogP contribution in [0.15, 0.2) is 68.6 Å². The van der Waals surface area contributed by atoms with Crippen molar-refractivity contribution < 1.29 is 32.3 Å². The zero-order chi connectivity index (χ0) is 22.8. The summed E-state index contributed by atoms with van der Waals surface area (Å²) in [5.74, 6) is 0.700. The number of amides is 1. The number of fused-ring (bicyclic) bond motifs is 1. The van der Waals surface area contributed by atoms with Crippen molar-refractivity contribution in [2.45, 2.75) is 19.4 Å². The van der Waals surface area contributed by atoms with Crippen LogP contribution in [-0.2, 0) is 17.8 Å². The number of rotatable bonds is 6. The highest BCUT2D eigenvalue weighted by Crippen LogP contribution is 2.38. The molecule has 1 amide bonds. The zero-order valence-corrected chi connectivity index (χ0v) is 17.8. The normalized spacial score (nSPS) is 12.9. The molecule has 0 aliphatic carbocycles. The van der Waals surface area contributed by atoms with Gasteiger partial charge in [-0.25, -0.2) is 9.78 Å². The summed E-state index contributed by atoms with van der Waals surface area (Å²) in [5, 5.41) is 0. The first-order valence-electron chi connectivity index (χ1n) is 10.4. The third-order valence-electron chi connectivity index (χ3n) is 5.45. The Morgan fingerprint density at radius 3 is 2.82 bits per heavy atom. The third kappa shape index (κ3) is 3.78. The van der Waals surface area contributed by atoms with Crippen molar-refractivity contribution in [3.05, 3.63) is 77.9 Å². The van der Waals surface area contributed by atoms with Gasteiger partial charge < -0.3 is 27.6 Å². The Hall–Kier alpha value is -4.27. The van der Waals surface area contributed by atoms with Gasteiger partial charge in [0.05, 0.1) is 25.3 Å². The van der Waals surface area contributed by atoms with Gasteiger partial charge in [0.15, 0.2) is 23.6 Å². The fourth-order valence-corrected chi connectivity index (χ4v) is 3.93. The summed E-state index contributed by atoms with van der Waals surface area (Å²) in [6.45, 7) is 0.488. The number of anilines is 1. The van der Waals surface area contributed by atoms with Crippen molar-refractivity contribution in [3.8, 4) is 17.3 Å². The number of benzene rings is 1. The maximum Gasteiger partial charge on any atom is 0.341 e. The fourth-order valence-electron chi connectivity index (χ4n) is 3.93. The SMILES string of the molecule is COC(=O)c1ccoc1COc1cccc2c1N(C(=O)c1ncoc1-c1ccco1)CCC2. The Bertz CT molecular complexity index is 1290. The molecule has 168 valence electrons. The Morgan fingerprint density at radius 1 is 1.09 bits per heavy atom. The third-order valence-corrected chi connectivity index (χ3v) is 5.45. The molecule has 1 aliphatic rings. The quantitative estimate of drug-likeness (QED) is 0.397. The standard InChI is InChI=1S/C24H20N2O7/c1-29-24(28)16-9-12-31-19(16)13-32-17-7-2-5-15-6-3-10-26(21(15)17)23(27)20-22(33-14-25-20)18-8-4-11-30-18/h2,4-5,7-9,11-12,14H,3,6,10,13H2,1H3. The van der Waals surface area contributed by atoms with Gasteiger partial charge in [-0.1, -0.05) is 12.1 Å². The van der Waals surface area contributed by atoms with E-state index in [1.54, 1.807) is 23.1 Å². The molecule has 4 heterocycles. The number of carbonyl (C=O) groups excluding carboxylic acids is 2. The number of hydrogen-bond acceptors (Lipinski definition) is 8. The number of para-hydroxylation sites is 1. The first-order chi connectivity index (χ1) is 16.2. The largest absolute Gasteiger partial charge is 0.483 e. The topological polar surface area (TPSA) is 108 Å². The number of furan rings is 2. The predicted molar refractivity (Wildman–Crippen MR) is 115 cm³/mol. The van der Waals surface area contributed by atoms with Crippen LogP contribution >= 0.6 is 0 Å². The Labute approximate surface area is 188 Å². The van der Waals surface area contributed by atoms with Crippen LogP contribution in [0.2, 0.25) is 0 Å². The summed E-state index contributed by atoms with van der Waals surface area (Å²) in [7, 11) is 1.30. The van der Waals surface area contributed by atoms with Gasteiger partial charge in [-0.15, -0.1) is 0 Å². The van der Waals surface area contributed by atoms with E-state index in [1.165, 1.54) is 32.1 Å². The lowest BCUT2D eigenvalue weighted by molar-refractivity contribution is 0.0595. The maximum absolute atomic E-state index is 13.5. The van der Waals surface area contributed by atoms with E-state index in [0.29, 0.717) is 35.1 Å². The molecule has 0 saturated carbocycles. The number of ether oxygens (including phenoxy) is 2. The van der Waals surface area contributed by atoms with Crippen LogP contribution in [0, 0.1) is 0 Å². The molecule has 0 atom stereocenters. The van der Waals surface area contributed by atoms with E-state index < -0.39 is 5.97 Å². The van der Waals surface area contributed by atoms with Gasteiger partial charge >= 0.3 is 5.97 Å².